The summed E-state index contributed by atoms with van der Waals surface area (Å²) in [6.07, 6.45) is 5.23. The molecule has 5 heteroatoms. The predicted molar refractivity (Wildman–Crippen MR) is 86.3 cm³/mol. The fraction of sp³-hybridized carbons (Fsp3) is 0.529. The average molecular weight is 305 g/mol. The number of benzene rings is 1. The van der Waals surface area contributed by atoms with Crippen molar-refractivity contribution in [2.45, 2.75) is 39.0 Å². The molecule has 4 nitrogen and oxygen atoms in total. The van der Waals surface area contributed by atoms with Gasteiger partial charge in [-0.2, -0.15) is 5.10 Å². The molecule has 1 aromatic rings. The largest absolute Gasteiger partial charge is 0.294 e. The lowest BCUT2D eigenvalue weighted by atomic mass is 10.1. The van der Waals surface area contributed by atoms with Gasteiger partial charge in [-0.05, 0) is 50.0 Å². The predicted octanol–water partition coefficient (Wildman–Crippen LogP) is 2.93. The summed E-state index contributed by atoms with van der Waals surface area (Å²) >= 11 is 0. The molecule has 0 atom stereocenters. The second-order valence-electron chi connectivity index (χ2n) is 5.69. The van der Waals surface area contributed by atoms with Crippen LogP contribution in [-0.2, 0) is 4.79 Å². The standard InChI is InChI=1S/C17H24FN3O/c1-2-6-16(14-7-9-15(18)10-8-14)19-20-17(22)13-21-11-4-3-5-12-21/h7-10H,2-6,11-13H2,1H3,(H,20,22)/b19-16-. The summed E-state index contributed by atoms with van der Waals surface area (Å²) in [4.78, 5) is 14.1. The molecule has 22 heavy (non-hydrogen) atoms. The Morgan fingerprint density at radius 2 is 1.91 bits per heavy atom. The third-order valence-corrected chi connectivity index (χ3v) is 3.80. The smallest absolute Gasteiger partial charge is 0.254 e. The van der Waals surface area contributed by atoms with Crippen LogP contribution in [0.4, 0.5) is 4.39 Å². The van der Waals surface area contributed by atoms with Crippen molar-refractivity contribution in [1.82, 2.24) is 10.3 Å². The number of hydrogen-bond donors (Lipinski definition) is 1. The molecular formula is C17H24FN3O. The lowest BCUT2D eigenvalue weighted by Crippen LogP contribution is -2.38. The second kappa shape index (κ2) is 8.63. The van der Waals surface area contributed by atoms with E-state index < -0.39 is 0 Å². The third kappa shape index (κ3) is 5.22. The first-order valence-electron chi connectivity index (χ1n) is 8.02. The maximum atomic E-state index is 13.0. The molecule has 1 saturated heterocycles. The van der Waals surface area contributed by atoms with Crippen LogP contribution in [0.1, 0.15) is 44.6 Å². The van der Waals surface area contributed by atoms with Gasteiger partial charge in [-0.3, -0.25) is 9.69 Å². The molecule has 2 rings (SSSR count). The van der Waals surface area contributed by atoms with Gasteiger partial charge in [0.25, 0.3) is 5.91 Å². The summed E-state index contributed by atoms with van der Waals surface area (Å²) in [5, 5.41) is 4.25. The molecule has 0 aromatic heterocycles. The van der Waals surface area contributed by atoms with Crippen molar-refractivity contribution in [3.8, 4) is 0 Å². The molecule has 1 fully saturated rings. The summed E-state index contributed by atoms with van der Waals surface area (Å²) in [6, 6.07) is 6.22. The monoisotopic (exact) mass is 305 g/mol. The van der Waals surface area contributed by atoms with E-state index in [9.17, 15) is 9.18 Å². The lowest BCUT2D eigenvalue weighted by Gasteiger charge is -2.25. The molecule has 1 N–H and O–H groups in total. The molecular weight excluding hydrogens is 281 g/mol. The van der Waals surface area contributed by atoms with Crippen molar-refractivity contribution in [2.75, 3.05) is 19.6 Å². The van der Waals surface area contributed by atoms with Crippen molar-refractivity contribution < 1.29 is 9.18 Å². The summed E-state index contributed by atoms with van der Waals surface area (Å²) in [6.45, 7) is 4.41. The molecule has 1 heterocycles. The van der Waals surface area contributed by atoms with E-state index in [1.807, 2.05) is 0 Å². The van der Waals surface area contributed by atoms with E-state index in [0.29, 0.717) is 6.54 Å². The van der Waals surface area contributed by atoms with Crippen LogP contribution in [0.2, 0.25) is 0 Å². The van der Waals surface area contributed by atoms with Gasteiger partial charge in [0, 0.05) is 0 Å². The van der Waals surface area contributed by atoms with Gasteiger partial charge in [0.15, 0.2) is 0 Å². The molecule has 1 amide bonds. The minimum atomic E-state index is -0.270. The Kier molecular flexibility index (Phi) is 6.52. The highest BCUT2D eigenvalue weighted by molar-refractivity contribution is 6.01. The Morgan fingerprint density at radius 3 is 2.55 bits per heavy atom. The summed E-state index contributed by atoms with van der Waals surface area (Å²) < 4.78 is 13.0. The normalized spacial score (nSPS) is 16.5. The van der Waals surface area contributed by atoms with E-state index in [-0.39, 0.29) is 11.7 Å². The number of hydrazone groups is 1. The first-order valence-corrected chi connectivity index (χ1v) is 8.02. The number of hydrogen-bond acceptors (Lipinski definition) is 3. The highest BCUT2D eigenvalue weighted by atomic mass is 19.1. The van der Waals surface area contributed by atoms with Crippen molar-refractivity contribution in [3.05, 3.63) is 35.6 Å². The first kappa shape index (κ1) is 16.6. The summed E-state index contributed by atoms with van der Waals surface area (Å²) in [5.41, 5.74) is 4.28. The maximum Gasteiger partial charge on any atom is 0.254 e. The van der Waals surface area contributed by atoms with Gasteiger partial charge < -0.3 is 0 Å². The van der Waals surface area contributed by atoms with Crippen LogP contribution >= 0.6 is 0 Å². The Hall–Kier alpha value is -1.75. The van der Waals surface area contributed by atoms with Gasteiger partial charge in [-0.15, -0.1) is 0 Å². The summed E-state index contributed by atoms with van der Waals surface area (Å²) in [7, 11) is 0. The van der Waals surface area contributed by atoms with E-state index in [4.69, 9.17) is 0 Å². The highest BCUT2D eigenvalue weighted by Gasteiger charge is 2.13. The van der Waals surface area contributed by atoms with Gasteiger partial charge in [-0.25, -0.2) is 9.82 Å². The van der Waals surface area contributed by atoms with E-state index in [2.05, 4.69) is 22.4 Å². The Labute approximate surface area is 131 Å². The molecule has 0 saturated carbocycles. The Bertz CT molecular complexity index is 507. The van der Waals surface area contributed by atoms with E-state index >= 15 is 0 Å². The van der Waals surface area contributed by atoms with Crippen LogP contribution in [-0.4, -0.2) is 36.2 Å². The zero-order valence-corrected chi connectivity index (χ0v) is 13.1. The van der Waals surface area contributed by atoms with Crippen molar-refractivity contribution in [3.63, 3.8) is 0 Å². The third-order valence-electron chi connectivity index (χ3n) is 3.80. The van der Waals surface area contributed by atoms with Gasteiger partial charge in [0.2, 0.25) is 0 Å². The van der Waals surface area contributed by atoms with Crippen LogP contribution in [0, 0.1) is 5.82 Å². The molecule has 1 aliphatic heterocycles. The first-order chi connectivity index (χ1) is 10.7. The zero-order chi connectivity index (χ0) is 15.8. The lowest BCUT2D eigenvalue weighted by molar-refractivity contribution is -0.122. The quantitative estimate of drug-likeness (QED) is 0.649. The van der Waals surface area contributed by atoms with E-state index in [1.165, 1.54) is 18.6 Å². The minimum Gasteiger partial charge on any atom is -0.294 e. The number of carbonyl (C=O) groups is 1. The number of rotatable bonds is 6. The van der Waals surface area contributed by atoms with E-state index in [1.54, 1.807) is 12.1 Å². The van der Waals surface area contributed by atoms with Gasteiger partial charge in [-0.1, -0.05) is 31.9 Å². The number of carbonyl (C=O) groups excluding carboxylic acids is 1. The molecule has 120 valence electrons. The second-order valence-corrected chi connectivity index (χ2v) is 5.69. The molecule has 1 aliphatic rings. The minimum absolute atomic E-state index is 0.0855. The molecule has 0 unspecified atom stereocenters. The number of nitrogens with zero attached hydrogens (tertiary/aromatic N) is 2. The van der Waals surface area contributed by atoms with Crippen LogP contribution in [0.15, 0.2) is 29.4 Å². The highest BCUT2D eigenvalue weighted by Crippen LogP contribution is 2.09. The van der Waals surface area contributed by atoms with Gasteiger partial charge in [0.1, 0.15) is 5.82 Å². The van der Waals surface area contributed by atoms with Crippen molar-refractivity contribution in [1.29, 1.82) is 0 Å². The average Bonchev–Trinajstić information content (AvgIpc) is 2.53. The molecule has 0 bridgehead atoms. The Balaban J connectivity index is 1.94. The molecule has 0 spiro atoms. The molecule has 0 radical (unpaired) electrons. The summed E-state index contributed by atoms with van der Waals surface area (Å²) in [5.74, 6) is -0.355. The number of likely N-dealkylation sites (tertiary alicyclic amines) is 1. The topological polar surface area (TPSA) is 44.7 Å². The van der Waals surface area contributed by atoms with Crippen LogP contribution in [0.3, 0.4) is 0 Å². The number of nitrogens with one attached hydrogen (secondary N) is 1. The van der Waals surface area contributed by atoms with E-state index in [0.717, 1.165) is 50.0 Å². The van der Waals surface area contributed by atoms with Crippen molar-refractivity contribution in [2.24, 2.45) is 5.10 Å². The number of piperidine rings is 1. The molecule has 1 aromatic carbocycles. The van der Waals surface area contributed by atoms with Crippen LogP contribution < -0.4 is 5.43 Å². The van der Waals surface area contributed by atoms with Gasteiger partial charge >= 0.3 is 0 Å². The van der Waals surface area contributed by atoms with Gasteiger partial charge in [0.05, 0.1) is 12.3 Å². The van der Waals surface area contributed by atoms with Crippen LogP contribution in [0.5, 0.6) is 0 Å². The maximum absolute atomic E-state index is 13.0. The van der Waals surface area contributed by atoms with Crippen molar-refractivity contribution >= 4 is 11.6 Å². The Morgan fingerprint density at radius 1 is 1.23 bits per heavy atom. The zero-order valence-electron chi connectivity index (χ0n) is 13.1. The number of halogens is 1. The molecule has 0 aliphatic carbocycles. The fourth-order valence-corrected chi connectivity index (χ4v) is 2.63. The van der Waals surface area contributed by atoms with Crippen LogP contribution in [0.25, 0.3) is 0 Å². The number of amides is 1. The fourth-order valence-electron chi connectivity index (χ4n) is 2.63. The SMILES string of the molecule is CCC/C(=N/NC(=O)CN1CCCCC1)c1ccc(F)cc1.